The summed E-state index contributed by atoms with van der Waals surface area (Å²) in [5, 5.41) is 21.9. The normalized spacial score (nSPS) is 11.4. The Bertz CT molecular complexity index is 453. The van der Waals surface area contributed by atoms with E-state index in [-0.39, 0.29) is 23.7 Å². The van der Waals surface area contributed by atoms with Gasteiger partial charge < -0.3 is 15.5 Å². The Labute approximate surface area is 120 Å². The fourth-order valence-electron chi connectivity index (χ4n) is 2.38. The molecule has 20 heavy (non-hydrogen) atoms. The molecule has 0 heterocycles. The first-order valence-corrected chi connectivity index (χ1v) is 7.16. The van der Waals surface area contributed by atoms with Gasteiger partial charge in [-0.3, -0.25) is 4.79 Å². The molecule has 0 aromatic heterocycles. The summed E-state index contributed by atoms with van der Waals surface area (Å²) in [4.78, 5) is 12.1. The predicted molar refractivity (Wildman–Crippen MR) is 79.9 cm³/mol. The van der Waals surface area contributed by atoms with Gasteiger partial charge in [-0.05, 0) is 49.3 Å². The Morgan fingerprint density at radius 2 is 1.95 bits per heavy atom. The summed E-state index contributed by atoms with van der Waals surface area (Å²) >= 11 is 0. The van der Waals surface area contributed by atoms with Crippen molar-refractivity contribution in [1.82, 2.24) is 5.32 Å². The molecule has 0 spiro atoms. The lowest BCUT2D eigenvalue weighted by atomic mass is 9.79. The van der Waals surface area contributed by atoms with Crippen molar-refractivity contribution in [3.8, 4) is 5.75 Å². The number of aliphatic hydroxyl groups is 1. The van der Waals surface area contributed by atoms with Gasteiger partial charge >= 0.3 is 0 Å². The second kappa shape index (κ2) is 7.29. The van der Waals surface area contributed by atoms with Gasteiger partial charge in [0.05, 0.1) is 5.56 Å². The van der Waals surface area contributed by atoms with Crippen LogP contribution in [0.2, 0.25) is 0 Å². The van der Waals surface area contributed by atoms with Crippen molar-refractivity contribution in [3.63, 3.8) is 0 Å². The third-order valence-corrected chi connectivity index (χ3v) is 4.16. The van der Waals surface area contributed by atoms with E-state index in [2.05, 4.69) is 19.2 Å². The molecule has 0 aliphatic carbocycles. The first-order chi connectivity index (χ1) is 9.48. The second-order valence-corrected chi connectivity index (χ2v) is 5.38. The number of phenols is 1. The molecule has 0 unspecified atom stereocenters. The molecule has 1 aromatic rings. The minimum Gasteiger partial charge on any atom is -0.507 e. The van der Waals surface area contributed by atoms with Crippen molar-refractivity contribution in [2.75, 3.05) is 13.2 Å². The van der Waals surface area contributed by atoms with Crippen LogP contribution in [0.15, 0.2) is 18.2 Å². The first kappa shape index (κ1) is 16.5. The van der Waals surface area contributed by atoms with E-state index in [0.29, 0.717) is 18.5 Å². The van der Waals surface area contributed by atoms with Crippen LogP contribution in [0.3, 0.4) is 0 Å². The Morgan fingerprint density at radius 3 is 2.45 bits per heavy atom. The third kappa shape index (κ3) is 3.97. The molecule has 0 fully saturated rings. The van der Waals surface area contributed by atoms with Crippen LogP contribution in [0.25, 0.3) is 0 Å². The highest BCUT2D eigenvalue weighted by atomic mass is 16.3. The number of carbonyl (C=O) groups is 1. The molecule has 0 saturated carbocycles. The Kier molecular flexibility index (Phi) is 6.02. The van der Waals surface area contributed by atoms with Crippen molar-refractivity contribution in [1.29, 1.82) is 0 Å². The van der Waals surface area contributed by atoms with Crippen molar-refractivity contribution in [2.24, 2.45) is 5.41 Å². The lowest BCUT2D eigenvalue weighted by Crippen LogP contribution is -2.37. The molecule has 1 aromatic carbocycles. The molecule has 112 valence electrons. The highest BCUT2D eigenvalue weighted by Crippen LogP contribution is 2.29. The monoisotopic (exact) mass is 279 g/mol. The number of nitrogens with one attached hydrogen (secondary N) is 1. The summed E-state index contributed by atoms with van der Waals surface area (Å²) in [5.41, 5.74) is 1.13. The molecule has 0 aliphatic rings. The van der Waals surface area contributed by atoms with E-state index in [1.165, 1.54) is 0 Å². The van der Waals surface area contributed by atoms with Gasteiger partial charge in [-0.2, -0.15) is 0 Å². The van der Waals surface area contributed by atoms with E-state index in [0.717, 1.165) is 18.4 Å². The average Bonchev–Trinajstić information content (AvgIpc) is 2.43. The Hall–Kier alpha value is -1.55. The van der Waals surface area contributed by atoms with Gasteiger partial charge in [0.15, 0.2) is 0 Å². The van der Waals surface area contributed by atoms with Gasteiger partial charge in [0, 0.05) is 13.2 Å². The summed E-state index contributed by atoms with van der Waals surface area (Å²) in [6, 6.07) is 5.01. The SMILES string of the molecule is CCC(CC)(CCO)CNC(=O)c1ccc(C)cc1O. The van der Waals surface area contributed by atoms with Crippen LogP contribution < -0.4 is 5.32 Å². The van der Waals surface area contributed by atoms with E-state index in [4.69, 9.17) is 5.11 Å². The molecule has 4 heteroatoms. The molecule has 4 nitrogen and oxygen atoms in total. The van der Waals surface area contributed by atoms with Gasteiger partial charge in [-0.25, -0.2) is 0 Å². The first-order valence-electron chi connectivity index (χ1n) is 7.16. The minimum atomic E-state index is -0.272. The molecule has 0 saturated heterocycles. The number of aromatic hydroxyl groups is 1. The number of hydrogen-bond donors (Lipinski definition) is 3. The average molecular weight is 279 g/mol. The van der Waals surface area contributed by atoms with Crippen molar-refractivity contribution >= 4 is 5.91 Å². The molecule has 0 bridgehead atoms. The molecule has 3 N–H and O–H groups in total. The zero-order valence-electron chi connectivity index (χ0n) is 12.6. The Balaban J connectivity index is 2.75. The number of hydrogen-bond acceptors (Lipinski definition) is 3. The van der Waals surface area contributed by atoms with Crippen molar-refractivity contribution < 1.29 is 15.0 Å². The van der Waals surface area contributed by atoms with Gasteiger partial charge in [0.1, 0.15) is 5.75 Å². The van der Waals surface area contributed by atoms with Crippen LogP contribution in [-0.2, 0) is 0 Å². The number of rotatable bonds is 7. The molecule has 1 rings (SSSR count). The van der Waals surface area contributed by atoms with E-state index in [1.807, 2.05) is 6.92 Å². The number of amides is 1. The molecule has 0 radical (unpaired) electrons. The zero-order valence-corrected chi connectivity index (χ0v) is 12.6. The van der Waals surface area contributed by atoms with Crippen molar-refractivity contribution in [3.05, 3.63) is 29.3 Å². The quantitative estimate of drug-likeness (QED) is 0.718. The fraction of sp³-hybridized carbons (Fsp3) is 0.562. The van der Waals surface area contributed by atoms with E-state index in [9.17, 15) is 9.90 Å². The van der Waals surface area contributed by atoms with Gasteiger partial charge in [0.2, 0.25) is 0 Å². The number of aliphatic hydroxyl groups excluding tert-OH is 1. The highest BCUT2D eigenvalue weighted by molar-refractivity contribution is 5.96. The molecular weight excluding hydrogens is 254 g/mol. The van der Waals surface area contributed by atoms with Crippen LogP contribution in [-0.4, -0.2) is 29.3 Å². The maximum atomic E-state index is 12.1. The predicted octanol–water partition coefficient (Wildman–Crippen LogP) is 2.62. The number of aryl methyl sites for hydroxylation is 1. The third-order valence-electron chi connectivity index (χ3n) is 4.16. The van der Waals surface area contributed by atoms with E-state index < -0.39 is 0 Å². The van der Waals surface area contributed by atoms with Crippen LogP contribution >= 0.6 is 0 Å². The van der Waals surface area contributed by atoms with Gasteiger partial charge in [0.25, 0.3) is 5.91 Å². The summed E-state index contributed by atoms with van der Waals surface area (Å²) < 4.78 is 0. The Morgan fingerprint density at radius 1 is 1.30 bits per heavy atom. The van der Waals surface area contributed by atoms with Gasteiger partial charge in [-0.1, -0.05) is 19.9 Å². The second-order valence-electron chi connectivity index (χ2n) is 5.38. The smallest absolute Gasteiger partial charge is 0.255 e. The molecule has 0 aliphatic heterocycles. The fourth-order valence-corrected chi connectivity index (χ4v) is 2.38. The van der Waals surface area contributed by atoms with Crippen LogP contribution in [0.1, 0.15) is 49.0 Å². The summed E-state index contributed by atoms with van der Waals surface area (Å²) in [6.45, 7) is 6.62. The standard InChI is InChI=1S/C16H25NO3/c1-4-16(5-2,8-9-18)11-17-15(20)13-7-6-12(3)10-14(13)19/h6-7,10,18-19H,4-5,8-9,11H2,1-3H3,(H,17,20). The lowest BCUT2D eigenvalue weighted by Gasteiger charge is -2.31. The van der Waals surface area contributed by atoms with Crippen molar-refractivity contribution in [2.45, 2.75) is 40.0 Å². The number of benzene rings is 1. The maximum Gasteiger partial charge on any atom is 0.255 e. The molecule has 0 atom stereocenters. The maximum absolute atomic E-state index is 12.1. The lowest BCUT2D eigenvalue weighted by molar-refractivity contribution is 0.0904. The van der Waals surface area contributed by atoms with Gasteiger partial charge in [-0.15, -0.1) is 0 Å². The largest absolute Gasteiger partial charge is 0.507 e. The van der Waals surface area contributed by atoms with E-state index in [1.54, 1.807) is 18.2 Å². The number of carbonyl (C=O) groups excluding carboxylic acids is 1. The summed E-state index contributed by atoms with van der Waals surface area (Å²) in [6.07, 6.45) is 2.45. The topological polar surface area (TPSA) is 69.6 Å². The van der Waals surface area contributed by atoms with Crippen LogP contribution in [0.4, 0.5) is 0 Å². The number of phenolic OH excluding ortho intramolecular Hbond substituents is 1. The van der Waals surface area contributed by atoms with Crippen LogP contribution in [0.5, 0.6) is 5.75 Å². The van der Waals surface area contributed by atoms with E-state index >= 15 is 0 Å². The highest BCUT2D eigenvalue weighted by Gasteiger charge is 2.26. The van der Waals surface area contributed by atoms with Crippen LogP contribution in [0, 0.1) is 12.3 Å². The summed E-state index contributed by atoms with van der Waals surface area (Å²) in [5.74, 6) is -0.269. The summed E-state index contributed by atoms with van der Waals surface area (Å²) in [7, 11) is 0. The minimum absolute atomic E-state index is 0.00301. The molecule has 1 amide bonds. The molecular formula is C16H25NO3. The zero-order chi connectivity index (χ0) is 15.2.